The molecule has 4 nitrogen and oxygen atoms in total. The summed E-state index contributed by atoms with van der Waals surface area (Å²) in [5.41, 5.74) is 8.17. The lowest BCUT2D eigenvalue weighted by molar-refractivity contribution is 0.267. The third kappa shape index (κ3) is 3.01. The highest BCUT2D eigenvalue weighted by Crippen LogP contribution is 2.24. The molecule has 2 rings (SSSR count). The van der Waals surface area contributed by atoms with E-state index in [4.69, 9.17) is 10.3 Å². The molecule has 0 radical (unpaired) electrons. The average molecular weight is 259 g/mol. The van der Waals surface area contributed by atoms with Gasteiger partial charge in [-0.25, -0.2) is 0 Å². The van der Waals surface area contributed by atoms with Crippen molar-refractivity contribution in [2.75, 3.05) is 0 Å². The summed E-state index contributed by atoms with van der Waals surface area (Å²) in [6, 6.07) is 8.31. The van der Waals surface area contributed by atoms with Crippen molar-refractivity contribution in [1.82, 2.24) is 10.1 Å². The number of benzene rings is 1. The maximum Gasteiger partial charge on any atom is 0.246 e. The summed E-state index contributed by atoms with van der Waals surface area (Å²) in [7, 11) is 0. The zero-order valence-corrected chi connectivity index (χ0v) is 11.8. The van der Waals surface area contributed by atoms with Gasteiger partial charge >= 0.3 is 0 Å². The number of nitrogens with zero attached hydrogens (tertiary/aromatic N) is 2. The normalized spacial score (nSPS) is 11.8. The minimum Gasteiger partial charge on any atom is -0.337 e. The first-order chi connectivity index (χ1) is 9.07. The monoisotopic (exact) mass is 259 g/mol. The van der Waals surface area contributed by atoms with Crippen LogP contribution < -0.4 is 5.73 Å². The van der Waals surface area contributed by atoms with Crippen LogP contribution in [0.4, 0.5) is 0 Å². The lowest BCUT2D eigenvalue weighted by Crippen LogP contribution is -2.35. The number of hydrogen-bond acceptors (Lipinski definition) is 4. The molecule has 4 heteroatoms. The van der Waals surface area contributed by atoms with Gasteiger partial charge in [0, 0.05) is 6.42 Å². The van der Waals surface area contributed by atoms with Gasteiger partial charge in [0.05, 0.1) is 5.54 Å². The van der Waals surface area contributed by atoms with Crippen LogP contribution >= 0.6 is 0 Å². The maximum atomic E-state index is 6.25. The molecule has 0 saturated carbocycles. The minimum absolute atomic E-state index is 0.502. The number of rotatable bonds is 5. The van der Waals surface area contributed by atoms with Gasteiger partial charge in [-0.05, 0) is 25.3 Å². The van der Waals surface area contributed by atoms with Gasteiger partial charge in [-0.3, -0.25) is 0 Å². The van der Waals surface area contributed by atoms with Crippen LogP contribution in [0.1, 0.15) is 49.5 Å². The third-order valence-corrected chi connectivity index (χ3v) is 3.60. The van der Waals surface area contributed by atoms with Gasteiger partial charge in [0.1, 0.15) is 0 Å². The molecule has 1 aromatic heterocycles. The predicted octanol–water partition coefficient (Wildman–Crippen LogP) is 2.94. The Bertz CT molecular complexity index is 544. The summed E-state index contributed by atoms with van der Waals surface area (Å²) in [4.78, 5) is 4.45. The second-order valence-corrected chi connectivity index (χ2v) is 5.04. The summed E-state index contributed by atoms with van der Waals surface area (Å²) in [5.74, 6) is 1.23. The first-order valence-electron chi connectivity index (χ1n) is 6.75. The van der Waals surface area contributed by atoms with Crippen molar-refractivity contribution in [3.05, 3.63) is 47.1 Å². The fourth-order valence-corrected chi connectivity index (χ4v) is 2.09. The van der Waals surface area contributed by atoms with Crippen LogP contribution in [-0.2, 0) is 12.0 Å². The van der Waals surface area contributed by atoms with E-state index < -0.39 is 5.54 Å². The number of hydrogen-bond donors (Lipinski definition) is 1. The Balaban J connectivity index is 2.18. The SMILES string of the molecule is CCC(N)(CC)c1nc(Cc2cccc(C)c2)no1. The van der Waals surface area contributed by atoms with Crippen LogP contribution in [0, 0.1) is 6.92 Å². The fraction of sp³-hybridized carbons (Fsp3) is 0.467. The van der Waals surface area contributed by atoms with E-state index in [1.54, 1.807) is 0 Å². The maximum absolute atomic E-state index is 6.25. The van der Waals surface area contributed by atoms with E-state index in [9.17, 15) is 0 Å². The second kappa shape index (κ2) is 5.53. The highest BCUT2D eigenvalue weighted by Gasteiger charge is 2.29. The highest BCUT2D eigenvalue weighted by molar-refractivity contribution is 5.24. The molecule has 1 aromatic carbocycles. The van der Waals surface area contributed by atoms with E-state index >= 15 is 0 Å². The summed E-state index contributed by atoms with van der Waals surface area (Å²) in [6.07, 6.45) is 2.25. The molecule has 0 amide bonds. The minimum atomic E-state index is -0.502. The zero-order valence-electron chi connectivity index (χ0n) is 11.8. The zero-order chi connectivity index (χ0) is 13.9. The van der Waals surface area contributed by atoms with Crippen LogP contribution in [0.25, 0.3) is 0 Å². The van der Waals surface area contributed by atoms with E-state index in [0.717, 1.165) is 12.8 Å². The number of aryl methyl sites for hydroxylation is 1. The standard InChI is InChI=1S/C15H21N3O/c1-4-15(16,5-2)14-17-13(18-19-14)10-12-8-6-7-11(3)9-12/h6-9H,4-5,10,16H2,1-3H3. The van der Waals surface area contributed by atoms with E-state index in [2.05, 4.69) is 35.3 Å². The molecule has 0 unspecified atom stereocenters. The van der Waals surface area contributed by atoms with Crippen LogP contribution in [-0.4, -0.2) is 10.1 Å². The van der Waals surface area contributed by atoms with Crippen molar-refractivity contribution in [1.29, 1.82) is 0 Å². The summed E-state index contributed by atoms with van der Waals surface area (Å²) >= 11 is 0. The van der Waals surface area contributed by atoms with E-state index in [-0.39, 0.29) is 0 Å². The van der Waals surface area contributed by atoms with Crippen LogP contribution in [0.5, 0.6) is 0 Å². The van der Waals surface area contributed by atoms with Crippen molar-refractivity contribution >= 4 is 0 Å². The largest absolute Gasteiger partial charge is 0.337 e. The molecule has 0 aliphatic rings. The number of aromatic nitrogens is 2. The quantitative estimate of drug-likeness (QED) is 0.896. The van der Waals surface area contributed by atoms with Gasteiger partial charge < -0.3 is 10.3 Å². The Morgan fingerprint density at radius 2 is 2.00 bits per heavy atom. The van der Waals surface area contributed by atoms with Crippen LogP contribution in [0.3, 0.4) is 0 Å². The van der Waals surface area contributed by atoms with Gasteiger partial charge in [0.2, 0.25) is 5.89 Å². The van der Waals surface area contributed by atoms with E-state index in [1.807, 2.05) is 19.9 Å². The van der Waals surface area contributed by atoms with Gasteiger partial charge in [-0.15, -0.1) is 0 Å². The molecule has 2 N–H and O–H groups in total. The molecule has 0 fully saturated rings. The summed E-state index contributed by atoms with van der Waals surface area (Å²) in [5, 5.41) is 4.04. The van der Waals surface area contributed by atoms with Crippen LogP contribution in [0.2, 0.25) is 0 Å². The highest BCUT2D eigenvalue weighted by atomic mass is 16.5. The first kappa shape index (κ1) is 13.7. The summed E-state index contributed by atoms with van der Waals surface area (Å²) < 4.78 is 5.33. The molecule has 0 spiro atoms. The Morgan fingerprint density at radius 1 is 1.26 bits per heavy atom. The average Bonchev–Trinajstić information content (AvgIpc) is 2.87. The van der Waals surface area contributed by atoms with Gasteiger partial charge in [0.15, 0.2) is 5.82 Å². The number of nitrogens with two attached hydrogens (primary N) is 1. The molecule has 19 heavy (non-hydrogen) atoms. The molecule has 0 saturated heterocycles. The second-order valence-electron chi connectivity index (χ2n) is 5.04. The van der Waals surface area contributed by atoms with Gasteiger partial charge in [-0.2, -0.15) is 4.98 Å². The topological polar surface area (TPSA) is 64.9 Å². The molecular weight excluding hydrogens is 238 g/mol. The van der Waals surface area contributed by atoms with E-state index in [0.29, 0.717) is 18.1 Å². The lowest BCUT2D eigenvalue weighted by atomic mass is 9.94. The summed E-state index contributed by atoms with van der Waals surface area (Å²) in [6.45, 7) is 6.14. The molecule has 1 heterocycles. The van der Waals surface area contributed by atoms with Crippen molar-refractivity contribution in [2.45, 2.75) is 45.6 Å². The molecule has 0 atom stereocenters. The lowest BCUT2D eigenvalue weighted by Gasteiger charge is -2.20. The molecule has 0 aliphatic carbocycles. The fourth-order valence-electron chi connectivity index (χ4n) is 2.09. The molecule has 0 bridgehead atoms. The molecule has 0 aliphatic heterocycles. The van der Waals surface area contributed by atoms with Crippen molar-refractivity contribution < 1.29 is 4.52 Å². The van der Waals surface area contributed by atoms with Crippen molar-refractivity contribution in [3.63, 3.8) is 0 Å². The van der Waals surface area contributed by atoms with Gasteiger partial charge in [0.25, 0.3) is 0 Å². The van der Waals surface area contributed by atoms with Gasteiger partial charge in [-0.1, -0.05) is 48.8 Å². The van der Waals surface area contributed by atoms with Crippen molar-refractivity contribution in [3.8, 4) is 0 Å². The molecule has 102 valence electrons. The van der Waals surface area contributed by atoms with Crippen molar-refractivity contribution in [2.24, 2.45) is 5.73 Å². The Kier molecular flexibility index (Phi) is 4.00. The molecular formula is C15H21N3O. The Hall–Kier alpha value is -1.68. The Morgan fingerprint density at radius 3 is 2.63 bits per heavy atom. The smallest absolute Gasteiger partial charge is 0.246 e. The Labute approximate surface area is 114 Å². The van der Waals surface area contributed by atoms with E-state index in [1.165, 1.54) is 11.1 Å². The predicted molar refractivity (Wildman–Crippen MR) is 74.7 cm³/mol. The third-order valence-electron chi connectivity index (χ3n) is 3.60. The van der Waals surface area contributed by atoms with Crippen LogP contribution in [0.15, 0.2) is 28.8 Å². The molecule has 2 aromatic rings. The first-order valence-corrected chi connectivity index (χ1v) is 6.75.